The molecular weight excluding hydrogens is 1320 g/mol. The van der Waals surface area contributed by atoms with Crippen molar-refractivity contribution in [2.24, 2.45) is 17.8 Å². The second kappa shape index (κ2) is 72.3. The lowest BCUT2D eigenvalue weighted by Gasteiger charge is -2.21. The number of hydrogen-bond acceptors (Lipinski definition) is 15. The molecule has 2 unspecified atom stereocenters. The molecule has 0 fully saturated rings. The van der Waals surface area contributed by atoms with E-state index in [1.165, 1.54) is 231 Å². The lowest BCUT2D eigenvalue weighted by molar-refractivity contribution is -0.161. The Kier molecular flexibility index (Phi) is 70.9. The number of aliphatic hydroxyl groups is 1. The van der Waals surface area contributed by atoms with Crippen molar-refractivity contribution in [3.05, 3.63) is 0 Å². The van der Waals surface area contributed by atoms with E-state index in [0.29, 0.717) is 31.6 Å². The fraction of sp³-hybridized carbons (Fsp3) is 0.951. The lowest BCUT2D eigenvalue weighted by atomic mass is 10.0. The fourth-order valence-electron chi connectivity index (χ4n) is 12.7. The minimum atomic E-state index is -4.96. The first-order chi connectivity index (χ1) is 48.7. The van der Waals surface area contributed by atoms with Gasteiger partial charge in [0.1, 0.15) is 19.3 Å². The van der Waals surface area contributed by atoms with Crippen molar-refractivity contribution in [1.82, 2.24) is 0 Å². The Balaban J connectivity index is 5.23. The number of carbonyl (C=O) groups excluding carboxylic acids is 4. The molecule has 19 heteroatoms. The Hall–Kier alpha value is -1.94. The average Bonchev–Trinajstić information content (AvgIpc) is 0.985. The number of rotatable bonds is 80. The molecule has 0 radical (unpaired) electrons. The second-order valence-electron chi connectivity index (χ2n) is 30.9. The first-order valence-electron chi connectivity index (χ1n) is 42.3. The Morgan fingerprint density at radius 2 is 0.455 bits per heavy atom. The molecule has 3 N–H and O–H groups in total. The smallest absolute Gasteiger partial charge is 0.462 e. The lowest BCUT2D eigenvalue weighted by Crippen LogP contribution is -2.30. The highest BCUT2D eigenvalue weighted by Gasteiger charge is 2.30. The van der Waals surface area contributed by atoms with Crippen molar-refractivity contribution in [1.29, 1.82) is 0 Å². The fourth-order valence-corrected chi connectivity index (χ4v) is 14.2. The third kappa shape index (κ3) is 76.1. The van der Waals surface area contributed by atoms with Crippen LogP contribution < -0.4 is 0 Å². The molecule has 0 spiro atoms. The molecule has 600 valence electrons. The van der Waals surface area contributed by atoms with E-state index >= 15 is 0 Å². The van der Waals surface area contributed by atoms with Gasteiger partial charge in [-0.1, -0.05) is 376 Å². The first-order valence-corrected chi connectivity index (χ1v) is 45.3. The first kappa shape index (κ1) is 99.1. The SMILES string of the molecule is CCCCCCCCCCCCCCCCCCCCCCC(=O)O[C@H](COC(=O)CCCCCCCCCCCCCCCCC(C)C)COP(=O)(O)OC[C@@H](O)COP(=O)(O)OC[C@@H](COC(=O)CCCCCCCCCC(C)C)OC(=O)CCCCCCCCCCCCCC(C)C. The Morgan fingerprint density at radius 3 is 0.673 bits per heavy atom. The van der Waals surface area contributed by atoms with Crippen LogP contribution in [0.15, 0.2) is 0 Å². The van der Waals surface area contributed by atoms with Crippen molar-refractivity contribution in [2.75, 3.05) is 39.6 Å². The van der Waals surface area contributed by atoms with E-state index in [1.807, 2.05) is 0 Å². The molecule has 5 atom stereocenters. The van der Waals surface area contributed by atoms with Crippen LogP contribution in [0.1, 0.15) is 427 Å². The molecule has 0 bridgehead atoms. The van der Waals surface area contributed by atoms with E-state index in [0.717, 1.165) is 108 Å². The van der Waals surface area contributed by atoms with E-state index in [2.05, 4.69) is 48.5 Å². The van der Waals surface area contributed by atoms with E-state index in [9.17, 15) is 43.2 Å². The van der Waals surface area contributed by atoms with E-state index in [4.69, 9.17) is 37.0 Å². The van der Waals surface area contributed by atoms with Crippen LogP contribution in [0.3, 0.4) is 0 Å². The van der Waals surface area contributed by atoms with Gasteiger partial charge in [-0.05, 0) is 43.4 Å². The molecule has 0 aromatic rings. The molecule has 0 aliphatic carbocycles. The summed E-state index contributed by atoms with van der Waals surface area (Å²) in [5.74, 6) is 0.158. The molecular formula is C82H160O17P2. The van der Waals surface area contributed by atoms with Crippen LogP contribution in [0, 0.1) is 17.8 Å². The molecule has 101 heavy (non-hydrogen) atoms. The number of esters is 4. The summed E-state index contributed by atoms with van der Waals surface area (Å²) in [6.07, 6.45) is 61.2. The third-order valence-corrected chi connectivity index (χ3v) is 21.0. The van der Waals surface area contributed by atoms with Gasteiger partial charge >= 0.3 is 39.5 Å². The number of hydrogen-bond donors (Lipinski definition) is 3. The van der Waals surface area contributed by atoms with Gasteiger partial charge in [0.05, 0.1) is 26.4 Å². The highest BCUT2D eigenvalue weighted by atomic mass is 31.2. The van der Waals surface area contributed by atoms with Gasteiger partial charge in [-0.25, -0.2) is 9.13 Å². The molecule has 0 amide bonds. The number of unbranched alkanes of at least 4 members (excludes halogenated alkanes) is 48. The van der Waals surface area contributed by atoms with Crippen LogP contribution in [-0.2, 0) is 65.4 Å². The molecule has 0 heterocycles. The van der Waals surface area contributed by atoms with Gasteiger partial charge < -0.3 is 33.8 Å². The van der Waals surface area contributed by atoms with Crippen molar-refractivity contribution < 1.29 is 80.2 Å². The van der Waals surface area contributed by atoms with Crippen molar-refractivity contribution in [3.8, 4) is 0 Å². The summed E-state index contributed by atoms with van der Waals surface area (Å²) in [5.41, 5.74) is 0. The summed E-state index contributed by atoms with van der Waals surface area (Å²) in [7, 11) is -9.92. The Labute approximate surface area is 619 Å². The van der Waals surface area contributed by atoms with Gasteiger partial charge in [0.15, 0.2) is 12.2 Å². The molecule has 0 aliphatic heterocycles. The van der Waals surface area contributed by atoms with E-state index in [1.54, 1.807) is 0 Å². The molecule has 17 nitrogen and oxygen atoms in total. The predicted molar refractivity (Wildman–Crippen MR) is 414 cm³/mol. The maximum absolute atomic E-state index is 13.1. The summed E-state index contributed by atoms with van der Waals surface area (Å²) < 4.78 is 68.7. The summed E-state index contributed by atoms with van der Waals surface area (Å²) >= 11 is 0. The van der Waals surface area contributed by atoms with Gasteiger partial charge in [-0.15, -0.1) is 0 Å². The zero-order chi connectivity index (χ0) is 74.4. The minimum absolute atomic E-state index is 0.106. The van der Waals surface area contributed by atoms with Crippen LogP contribution in [-0.4, -0.2) is 96.7 Å². The number of ether oxygens (including phenoxy) is 4. The van der Waals surface area contributed by atoms with Gasteiger partial charge in [0.25, 0.3) is 0 Å². The zero-order valence-corrected chi connectivity index (χ0v) is 68.2. The summed E-state index contributed by atoms with van der Waals surface area (Å²) in [5, 5.41) is 10.6. The Bertz CT molecular complexity index is 1960. The highest BCUT2D eigenvalue weighted by Crippen LogP contribution is 2.45. The predicted octanol–water partition coefficient (Wildman–Crippen LogP) is 24.5. The van der Waals surface area contributed by atoms with Crippen molar-refractivity contribution >= 4 is 39.5 Å². The molecule has 0 saturated heterocycles. The molecule has 0 aromatic heterocycles. The normalized spacial score (nSPS) is 14.0. The van der Waals surface area contributed by atoms with Crippen LogP contribution in [0.4, 0.5) is 0 Å². The largest absolute Gasteiger partial charge is 0.472 e. The van der Waals surface area contributed by atoms with Crippen LogP contribution in [0.25, 0.3) is 0 Å². The van der Waals surface area contributed by atoms with Crippen molar-refractivity contribution in [2.45, 2.75) is 446 Å². The molecule has 0 aromatic carbocycles. The van der Waals surface area contributed by atoms with E-state index < -0.39 is 97.5 Å². The van der Waals surface area contributed by atoms with Gasteiger partial charge in [0, 0.05) is 25.7 Å². The topological polar surface area (TPSA) is 237 Å². The number of carbonyl (C=O) groups is 4. The van der Waals surface area contributed by atoms with E-state index in [-0.39, 0.29) is 25.7 Å². The Morgan fingerprint density at radius 1 is 0.267 bits per heavy atom. The third-order valence-electron chi connectivity index (χ3n) is 19.1. The minimum Gasteiger partial charge on any atom is -0.462 e. The molecule has 0 saturated carbocycles. The highest BCUT2D eigenvalue weighted by molar-refractivity contribution is 7.47. The maximum atomic E-state index is 13.1. The van der Waals surface area contributed by atoms with Crippen molar-refractivity contribution in [3.63, 3.8) is 0 Å². The van der Waals surface area contributed by atoms with Gasteiger partial charge in [0.2, 0.25) is 0 Å². The van der Waals surface area contributed by atoms with Gasteiger partial charge in [-0.2, -0.15) is 0 Å². The summed E-state index contributed by atoms with van der Waals surface area (Å²) in [6.45, 7) is 11.9. The van der Waals surface area contributed by atoms with Crippen LogP contribution in [0.5, 0.6) is 0 Å². The quantitative estimate of drug-likeness (QED) is 0.0222. The standard InChI is InChI=1S/C82H160O17P2/c1-8-9-10-11-12-13-14-15-16-17-18-19-20-21-26-31-36-43-51-58-65-81(86)98-77(69-92-79(84)63-56-49-42-35-30-25-23-22-24-28-33-39-46-53-60-73(2)3)71-96-100(88,89)94-67-76(83)68-95-101(90,91)97-72-78(70-93-80(85)64-57-50-45-38-41-48-55-62-75(6)7)99-82(87)66-59-52-44-37-32-27-29-34-40-47-54-61-74(4)5/h73-78,83H,8-72H2,1-7H3,(H,88,89)(H,90,91)/t76-,77-,78-/m1/s1. The second-order valence-corrected chi connectivity index (χ2v) is 33.8. The summed E-state index contributed by atoms with van der Waals surface area (Å²) in [4.78, 5) is 73.0. The van der Waals surface area contributed by atoms with Crippen LogP contribution in [0.2, 0.25) is 0 Å². The average molecular weight is 1480 g/mol. The molecule has 0 aliphatic rings. The number of phosphoric acid groups is 2. The van der Waals surface area contributed by atoms with Crippen LogP contribution >= 0.6 is 15.6 Å². The zero-order valence-electron chi connectivity index (χ0n) is 66.4. The number of phosphoric ester groups is 2. The summed E-state index contributed by atoms with van der Waals surface area (Å²) in [6, 6.07) is 0. The molecule has 0 rings (SSSR count). The maximum Gasteiger partial charge on any atom is 0.472 e. The number of aliphatic hydroxyl groups excluding tert-OH is 1. The van der Waals surface area contributed by atoms with Gasteiger partial charge in [-0.3, -0.25) is 37.3 Å². The monoisotopic (exact) mass is 1480 g/mol.